The lowest BCUT2D eigenvalue weighted by atomic mass is 9.89. The molecule has 0 aromatic heterocycles. The number of hydrogen-bond donors (Lipinski definition) is 0. The van der Waals surface area contributed by atoms with Crippen LogP contribution in [0.4, 0.5) is 34.1 Å². The molecule has 246 valence electrons. The van der Waals surface area contributed by atoms with E-state index in [-0.39, 0.29) is 0 Å². The van der Waals surface area contributed by atoms with Crippen LogP contribution in [-0.4, -0.2) is 0 Å². The summed E-state index contributed by atoms with van der Waals surface area (Å²) in [6.45, 7) is 0. The van der Waals surface area contributed by atoms with E-state index in [1.807, 2.05) is 0 Å². The molecule has 0 N–H and O–H groups in total. The molecule has 52 heavy (non-hydrogen) atoms. The number of para-hydroxylation sites is 4. The molecule has 0 spiro atoms. The monoisotopic (exact) mass is 664 g/mol. The lowest BCUT2D eigenvalue weighted by molar-refractivity contribution is 1.28. The summed E-state index contributed by atoms with van der Waals surface area (Å²) in [6, 6.07) is 78.3. The van der Waals surface area contributed by atoms with E-state index in [0.717, 1.165) is 39.7 Å². The predicted molar refractivity (Wildman–Crippen MR) is 222 cm³/mol. The first kappa shape index (κ1) is 31.1. The second kappa shape index (κ2) is 13.8. The van der Waals surface area contributed by atoms with Gasteiger partial charge in [0.15, 0.2) is 0 Å². The fourth-order valence-electron chi connectivity index (χ4n) is 7.38. The maximum absolute atomic E-state index is 2.39. The van der Waals surface area contributed by atoms with Crippen molar-refractivity contribution in [2.24, 2.45) is 0 Å². The summed E-state index contributed by atoms with van der Waals surface area (Å²) in [5, 5.41) is 4.96. The van der Waals surface area contributed by atoms with Crippen LogP contribution in [-0.2, 0) is 0 Å². The Morgan fingerprint density at radius 1 is 0.250 bits per heavy atom. The van der Waals surface area contributed by atoms with Crippen LogP contribution in [0.2, 0.25) is 0 Å². The van der Waals surface area contributed by atoms with Crippen LogP contribution in [0.1, 0.15) is 0 Å². The van der Waals surface area contributed by atoms with Crippen molar-refractivity contribution in [1.82, 2.24) is 0 Å². The Bertz CT molecular complexity index is 2540. The second-order valence-electron chi connectivity index (χ2n) is 13.0. The van der Waals surface area contributed by atoms with E-state index in [4.69, 9.17) is 0 Å². The highest BCUT2D eigenvalue weighted by Gasteiger charge is 2.17. The molecular formula is C50H36N2. The van der Waals surface area contributed by atoms with Gasteiger partial charge < -0.3 is 9.80 Å². The fraction of sp³-hybridized carbons (Fsp3) is 0. The van der Waals surface area contributed by atoms with Crippen LogP contribution in [0.3, 0.4) is 0 Å². The summed E-state index contributed by atoms with van der Waals surface area (Å²) in [5.41, 5.74) is 11.4. The third kappa shape index (κ3) is 5.97. The zero-order valence-electron chi connectivity index (χ0n) is 28.7. The van der Waals surface area contributed by atoms with Gasteiger partial charge in [0, 0.05) is 34.1 Å². The van der Waals surface area contributed by atoms with E-state index in [0.29, 0.717) is 0 Å². The smallest absolute Gasteiger partial charge is 0.0467 e. The number of anilines is 6. The first-order chi connectivity index (χ1) is 25.8. The maximum Gasteiger partial charge on any atom is 0.0467 e. The number of fused-ring (bicyclic) bond motifs is 3. The van der Waals surface area contributed by atoms with Crippen LogP contribution < -0.4 is 9.80 Å². The highest BCUT2D eigenvalue weighted by molar-refractivity contribution is 6.15. The summed E-state index contributed by atoms with van der Waals surface area (Å²) < 4.78 is 0. The Labute approximate surface area is 305 Å². The average molecular weight is 665 g/mol. The van der Waals surface area contributed by atoms with E-state index in [9.17, 15) is 0 Å². The molecule has 9 aromatic rings. The van der Waals surface area contributed by atoms with E-state index < -0.39 is 0 Å². The first-order valence-corrected chi connectivity index (χ1v) is 17.8. The Morgan fingerprint density at radius 3 is 1.21 bits per heavy atom. The van der Waals surface area contributed by atoms with Gasteiger partial charge in [-0.15, -0.1) is 0 Å². The van der Waals surface area contributed by atoms with Gasteiger partial charge in [-0.2, -0.15) is 0 Å². The topological polar surface area (TPSA) is 6.48 Å². The Hall–Kier alpha value is -6.90. The zero-order valence-corrected chi connectivity index (χ0v) is 28.7. The van der Waals surface area contributed by atoms with Crippen LogP contribution in [0.5, 0.6) is 0 Å². The zero-order chi connectivity index (χ0) is 34.7. The fourth-order valence-corrected chi connectivity index (χ4v) is 7.38. The maximum atomic E-state index is 2.39. The van der Waals surface area contributed by atoms with Gasteiger partial charge in [0.2, 0.25) is 0 Å². The standard InChI is InChI=1S/C50H36N2/c1-5-20-42(21-6-1)51(43-22-7-2-8-23-43)46-28-15-18-38(34-46)41-33-40-32-31-37-17-13-14-30-48(37)50(40)49(36-41)39-19-16-29-47(35-39)52(44-24-9-3-10-25-44)45-26-11-4-12-27-45/h1-36H. The molecule has 9 aromatic carbocycles. The Balaban J connectivity index is 1.24. The number of hydrogen-bond acceptors (Lipinski definition) is 2. The molecule has 2 nitrogen and oxygen atoms in total. The van der Waals surface area contributed by atoms with Crippen molar-refractivity contribution in [3.8, 4) is 22.3 Å². The van der Waals surface area contributed by atoms with Crippen LogP contribution in [0.25, 0.3) is 43.8 Å². The molecule has 0 heterocycles. The predicted octanol–water partition coefficient (Wildman–Crippen LogP) is 14.3. The number of nitrogens with zero attached hydrogens (tertiary/aromatic N) is 2. The second-order valence-corrected chi connectivity index (χ2v) is 13.0. The summed E-state index contributed by atoms with van der Waals surface area (Å²) in [6.07, 6.45) is 0. The quantitative estimate of drug-likeness (QED) is 0.149. The average Bonchev–Trinajstić information content (AvgIpc) is 3.22. The Morgan fingerprint density at radius 2 is 0.673 bits per heavy atom. The Kier molecular flexibility index (Phi) is 8.24. The SMILES string of the molecule is c1ccc(N(c2ccccc2)c2cccc(-c3cc(-c4cccc(N(c5ccccc5)c5ccccc5)c4)c4c(ccc5ccccc54)c3)c2)cc1. The number of rotatable bonds is 8. The largest absolute Gasteiger partial charge is 0.310 e. The summed E-state index contributed by atoms with van der Waals surface area (Å²) in [7, 11) is 0. The van der Waals surface area contributed by atoms with Crippen LogP contribution in [0, 0.1) is 0 Å². The molecule has 0 radical (unpaired) electrons. The number of benzene rings is 9. The molecule has 2 heteroatoms. The molecule has 0 aliphatic carbocycles. The van der Waals surface area contributed by atoms with Crippen molar-refractivity contribution in [3.05, 3.63) is 218 Å². The van der Waals surface area contributed by atoms with Crippen molar-refractivity contribution in [1.29, 1.82) is 0 Å². The van der Waals surface area contributed by atoms with Crippen molar-refractivity contribution in [2.75, 3.05) is 9.80 Å². The van der Waals surface area contributed by atoms with Crippen molar-refractivity contribution >= 4 is 55.7 Å². The highest BCUT2D eigenvalue weighted by Crippen LogP contribution is 2.43. The van der Waals surface area contributed by atoms with Gasteiger partial charge in [-0.25, -0.2) is 0 Å². The lowest BCUT2D eigenvalue weighted by Crippen LogP contribution is -2.09. The minimum absolute atomic E-state index is 1.11. The summed E-state index contributed by atoms with van der Waals surface area (Å²) in [4.78, 5) is 4.66. The summed E-state index contributed by atoms with van der Waals surface area (Å²) >= 11 is 0. The molecule has 0 amide bonds. The van der Waals surface area contributed by atoms with Crippen LogP contribution >= 0.6 is 0 Å². The van der Waals surface area contributed by atoms with E-state index in [1.165, 1.54) is 38.2 Å². The lowest BCUT2D eigenvalue weighted by Gasteiger charge is -2.26. The van der Waals surface area contributed by atoms with Gasteiger partial charge in [0.1, 0.15) is 0 Å². The molecule has 0 bridgehead atoms. The molecule has 0 saturated heterocycles. The van der Waals surface area contributed by atoms with Gasteiger partial charge in [-0.1, -0.05) is 133 Å². The van der Waals surface area contributed by atoms with E-state index in [2.05, 4.69) is 228 Å². The third-order valence-corrected chi connectivity index (χ3v) is 9.75. The molecular weight excluding hydrogens is 629 g/mol. The normalized spacial score (nSPS) is 11.1. The van der Waals surface area contributed by atoms with Crippen molar-refractivity contribution < 1.29 is 0 Å². The molecule has 0 saturated carbocycles. The van der Waals surface area contributed by atoms with Gasteiger partial charge in [-0.3, -0.25) is 0 Å². The van der Waals surface area contributed by atoms with Gasteiger partial charge in [0.05, 0.1) is 0 Å². The molecule has 0 aliphatic heterocycles. The molecule has 0 fully saturated rings. The summed E-state index contributed by atoms with van der Waals surface area (Å²) in [5.74, 6) is 0. The molecule has 0 unspecified atom stereocenters. The van der Waals surface area contributed by atoms with Gasteiger partial charge in [-0.05, 0) is 129 Å². The minimum atomic E-state index is 1.11. The van der Waals surface area contributed by atoms with Gasteiger partial charge >= 0.3 is 0 Å². The minimum Gasteiger partial charge on any atom is -0.310 e. The molecule has 9 rings (SSSR count). The third-order valence-electron chi connectivity index (χ3n) is 9.75. The van der Waals surface area contributed by atoms with E-state index >= 15 is 0 Å². The highest BCUT2D eigenvalue weighted by atomic mass is 15.1. The van der Waals surface area contributed by atoms with Crippen LogP contribution in [0.15, 0.2) is 218 Å². The first-order valence-electron chi connectivity index (χ1n) is 17.8. The van der Waals surface area contributed by atoms with Gasteiger partial charge in [0.25, 0.3) is 0 Å². The van der Waals surface area contributed by atoms with Crippen molar-refractivity contribution in [2.45, 2.75) is 0 Å². The molecule has 0 aliphatic rings. The molecule has 0 atom stereocenters. The van der Waals surface area contributed by atoms with Crippen molar-refractivity contribution in [3.63, 3.8) is 0 Å². The van der Waals surface area contributed by atoms with E-state index in [1.54, 1.807) is 0 Å².